The Balaban J connectivity index is 2.00. The molecule has 0 aliphatic heterocycles. The second-order valence-electron chi connectivity index (χ2n) is 6.21. The van der Waals surface area contributed by atoms with Crippen LogP contribution >= 0.6 is 11.3 Å². The first-order chi connectivity index (χ1) is 13.0. The van der Waals surface area contributed by atoms with E-state index in [0.717, 1.165) is 22.3 Å². The fourth-order valence-corrected chi connectivity index (χ4v) is 3.75. The minimum Gasteiger partial charge on any atom is -0.462 e. The van der Waals surface area contributed by atoms with Gasteiger partial charge in [-0.3, -0.25) is 4.79 Å². The predicted molar refractivity (Wildman–Crippen MR) is 110 cm³/mol. The molecule has 3 aromatic rings. The van der Waals surface area contributed by atoms with E-state index in [0.29, 0.717) is 16.1 Å². The summed E-state index contributed by atoms with van der Waals surface area (Å²) in [5.74, 6) is -0.676. The van der Waals surface area contributed by atoms with Gasteiger partial charge in [0.05, 0.1) is 6.61 Å². The Kier molecular flexibility index (Phi) is 5.72. The molecule has 0 aliphatic rings. The second kappa shape index (κ2) is 8.18. The van der Waals surface area contributed by atoms with Gasteiger partial charge in [-0.25, -0.2) is 4.79 Å². The maximum absolute atomic E-state index is 12.7. The van der Waals surface area contributed by atoms with Gasteiger partial charge in [-0.2, -0.15) is 0 Å². The number of anilines is 1. The number of carbonyl (C=O) groups is 2. The predicted octanol–water partition coefficient (Wildman–Crippen LogP) is 5.46. The van der Waals surface area contributed by atoms with Gasteiger partial charge in [0.15, 0.2) is 0 Å². The van der Waals surface area contributed by atoms with Crippen LogP contribution in [0.1, 0.15) is 38.8 Å². The van der Waals surface area contributed by atoms with Crippen LogP contribution in [0, 0.1) is 13.8 Å². The summed E-state index contributed by atoms with van der Waals surface area (Å²) in [7, 11) is 0. The molecule has 138 valence electrons. The van der Waals surface area contributed by atoms with Crippen molar-refractivity contribution < 1.29 is 14.3 Å². The molecule has 1 aromatic heterocycles. The van der Waals surface area contributed by atoms with Crippen LogP contribution in [0.25, 0.3) is 11.1 Å². The summed E-state index contributed by atoms with van der Waals surface area (Å²) in [6.45, 7) is 5.93. The summed E-state index contributed by atoms with van der Waals surface area (Å²) >= 11 is 1.33. The number of thiophene rings is 1. The number of carbonyl (C=O) groups excluding carboxylic acids is 2. The number of nitrogens with one attached hydrogen (secondary N) is 1. The molecule has 0 saturated heterocycles. The molecule has 1 N–H and O–H groups in total. The third kappa shape index (κ3) is 4.09. The molecule has 1 amide bonds. The van der Waals surface area contributed by atoms with E-state index < -0.39 is 5.97 Å². The van der Waals surface area contributed by atoms with Gasteiger partial charge in [0, 0.05) is 16.5 Å². The minimum absolute atomic E-state index is 0.240. The van der Waals surface area contributed by atoms with Crippen molar-refractivity contribution in [1.82, 2.24) is 0 Å². The smallest absolute Gasteiger partial charge is 0.341 e. The summed E-state index contributed by atoms with van der Waals surface area (Å²) in [4.78, 5) is 25.3. The summed E-state index contributed by atoms with van der Waals surface area (Å²) in [5, 5.41) is 5.26. The molecular formula is C22H21NO3S. The normalized spacial score (nSPS) is 10.5. The highest BCUT2D eigenvalue weighted by Gasteiger charge is 2.23. The third-order valence-electron chi connectivity index (χ3n) is 4.25. The minimum atomic E-state index is -0.436. The van der Waals surface area contributed by atoms with Crippen LogP contribution in [0.4, 0.5) is 5.00 Å². The van der Waals surface area contributed by atoms with Gasteiger partial charge in [-0.05, 0) is 38.0 Å². The molecule has 0 unspecified atom stereocenters. The SMILES string of the molecule is CCOC(=O)c1c(-c2ccc(C)cc2)csc1NC(=O)c1ccccc1C. The molecule has 0 saturated carbocycles. The van der Waals surface area contributed by atoms with Crippen molar-refractivity contribution in [1.29, 1.82) is 0 Å². The molecule has 1 heterocycles. The van der Waals surface area contributed by atoms with E-state index in [9.17, 15) is 9.59 Å². The zero-order valence-corrected chi connectivity index (χ0v) is 16.4. The first-order valence-electron chi connectivity index (χ1n) is 8.74. The maximum Gasteiger partial charge on any atom is 0.341 e. The molecule has 0 atom stereocenters. The lowest BCUT2D eigenvalue weighted by Gasteiger charge is -2.10. The van der Waals surface area contributed by atoms with Crippen LogP contribution in [-0.2, 0) is 4.74 Å². The van der Waals surface area contributed by atoms with Gasteiger partial charge >= 0.3 is 5.97 Å². The van der Waals surface area contributed by atoms with E-state index in [1.165, 1.54) is 11.3 Å². The van der Waals surface area contributed by atoms with E-state index >= 15 is 0 Å². The number of rotatable bonds is 5. The Morgan fingerprint density at radius 3 is 2.41 bits per heavy atom. The van der Waals surface area contributed by atoms with Gasteiger partial charge in [0.2, 0.25) is 0 Å². The van der Waals surface area contributed by atoms with Crippen molar-refractivity contribution in [2.45, 2.75) is 20.8 Å². The molecule has 4 nitrogen and oxygen atoms in total. The van der Waals surface area contributed by atoms with E-state index in [1.807, 2.05) is 61.7 Å². The summed E-state index contributed by atoms with van der Waals surface area (Å²) in [5.41, 5.74) is 4.67. The number of ether oxygens (including phenoxy) is 1. The second-order valence-corrected chi connectivity index (χ2v) is 7.09. The average Bonchev–Trinajstić information content (AvgIpc) is 3.06. The van der Waals surface area contributed by atoms with Crippen LogP contribution in [0.15, 0.2) is 53.9 Å². The van der Waals surface area contributed by atoms with Crippen molar-refractivity contribution in [3.05, 3.63) is 76.2 Å². The van der Waals surface area contributed by atoms with E-state index in [2.05, 4.69) is 5.32 Å². The number of hydrogen-bond acceptors (Lipinski definition) is 4. The summed E-state index contributed by atoms with van der Waals surface area (Å²) < 4.78 is 5.24. The molecular weight excluding hydrogens is 358 g/mol. The fourth-order valence-electron chi connectivity index (χ4n) is 2.80. The van der Waals surface area contributed by atoms with Gasteiger partial charge in [-0.1, -0.05) is 48.0 Å². The summed E-state index contributed by atoms with van der Waals surface area (Å²) in [6, 6.07) is 15.3. The molecule has 2 aromatic carbocycles. The Morgan fingerprint density at radius 1 is 1.04 bits per heavy atom. The van der Waals surface area contributed by atoms with Crippen molar-refractivity contribution >= 4 is 28.2 Å². The quantitative estimate of drug-likeness (QED) is 0.599. The molecule has 5 heteroatoms. The molecule has 0 radical (unpaired) electrons. The lowest BCUT2D eigenvalue weighted by molar-refractivity contribution is 0.0529. The number of aryl methyl sites for hydroxylation is 2. The third-order valence-corrected chi connectivity index (χ3v) is 5.15. The standard InChI is InChI=1S/C22H21NO3S/c1-4-26-22(25)19-18(16-11-9-14(2)10-12-16)13-27-21(19)23-20(24)17-8-6-5-7-15(17)3/h5-13H,4H2,1-3H3,(H,23,24). The van der Waals surface area contributed by atoms with Crippen molar-refractivity contribution in [2.24, 2.45) is 0 Å². The van der Waals surface area contributed by atoms with Crippen LogP contribution in [0.2, 0.25) is 0 Å². The highest BCUT2D eigenvalue weighted by Crippen LogP contribution is 2.36. The monoisotopic (exact) mass is 379 g/mol. The van der Waals surface area contributed by atoms with Crippen molar-refractivity contribution in [3.8, 4) is 11.1 Å². The average molecular weight is 379 g/mol. The lowest BCUT2D eigenvalue weighted by Crippen LogP contribution is -2.15. The zero-order chi connectivity index (χ0) is 19.4. The Hall–Kier alpha value is -2.92. The molecule has 0 spiro atoms. The van der Waals surface area contributed by atoms with Crippen molar-refractivity contribution in [2.75, 3.05) is 11.9 Å². The summed E-state index contributed by atoms with van der Waals surface area (Å²) in [6.07, 6.45) is 0. The topological polar surface area (TPSA) is 55.4 Å². The van der Waals surface area contributed by atoms with E-state index in [-0.39, 0.29) is 12.5 Å². The van der Waals surface area contributed by atoms with Crippen molar-refractivity contribution in [3.63, 3.8) is 0 Å². The zero-order valence-electron chi connectivity index (χ0n) is 15.5. The molecule has 3 rings (SSSR count). The number of hydrogen-bond donors (Lipinski definition) is 1. The number of amides is 1. The van der Waals surface area contributed by atoms with Crippen LogP contribution in [0.3, 0.4) is 0 Å². The van der Waals surface area contributed by atoms with Crippen LogP contribution < -0.4 is 5.32 Å². The van der Waals surface area contributed by atoms with E-state index in [4.69, 9.17) is 4.74 Å². The van der Waals surface area contributed by atoms with Crippen LogP contribution in [0.5, 0.6) is 0 Å². The molecule has 27 heavy (non-hydrogen) atoms. The molecule has 0 fully saturated rings. The largest absolute Gasteiger partial charge is 0.462 e. The van der Waals surface area contributed by atoms with Gasteiger partial charge in [0.25, 0.3) is 5.91 Å². The fraction of sp³-hybridized carbons (Fsp3) is 0.182. The Bertz CT molecular complexity index is 973. The number of esters is 1. The first kappa shape index (κ1) is 18.9. The van der Waals surface area contributed by atoms with Gasteiger partial charge < -0.3 is 10.1 Å². The highest BCUT2D eigenvalue weighted by atomic mass is 32.1. The Labute approximate surface area is 162 Å². The molecule has 0 bridgehead atoms. The highest BCUT2D eigenvalue weighted by molar-refractivity contribution is 7.15. The van der Waals surface area contributed by atoms with Gasteiger partial charge in [-0.15, -0.1) is 11.3 Å². The first-order valence-corrected chi connectivity index (χ1v) is 9.62. The molecule has 0 aliphatic carbocycles. The van der Waals surface area contributed by atoms with Crippen LogP contribution in [-0.4, -0.2) is 18.5 Å². The Morgan fingerprint density at radius 2 is 1.74 bits per heavy atom. The van der Waals surface area contributed by atoms with Gasteiger partial charge in [0.1, 0.15) is 10.6 Å². The van der Waals surface area contributed by atoms with E-state index in [1.54, 1.807) is 13.0 Å². The number of benzene rings is 2. The maximum atomic E-state index is 12.7. The lowest BCUT2D eigenvalue weighted by atomic mass is 10.0.